The van der Waals surface area contributed by atoms with Crippen molar-refractivity contribution in [2.24, 2.45) is 5.41 Å². The number of phenols is 1. The van der Waals surface area contributed by atoms with Crippen molar-refractivity contribution >= 4 is 5.91 Å². The first-order chi connectivity index (χ1) is 16.0. The third kappa shape index (κ3) is 4.52. The molecule has 0 bridgehead atoms. The smallest absolute Gasteiger partial charge is 0.417 e. The number of phenolic OH excluding ortho intramolecular Hbond substituents is 1. The molecule has 2 heterocycles. The molecular weight excluding hydrogens is 453 g/mol. The molecule has 1 aromatic heterocycles. The third-order valence-electron chi connectivity index (χ3n) is 5.42. The second-order valence-electron chi connectivity index (χ2n) is 8.55. The van der Waals surface area contributed by atoms with Gasteiger partial charge in [-0.05, 0) is 42.5 Å². The predicted molar refractivity (Wildman–Crippen MR) is 111 cm³/mol. The summed E-state index contributed by atoms with van der Waals surface area (Å²) in [7, 11) is 0. The molecule has 11 heteroatoms. The van der Waals surface area contributed by atoms with Crippen molar-refractivity contribution in [2.45, 2.75) is 32.7 Å². The standard InChI is InChI=1S/C23H19F3N4O4/c1-22(2)12-30(11-18-28-29-20(34-18)13-3-6-15(31)7-4-13)21(32)19(22)33-16-8-5-14(10-27)17(9-16)23(24,25)26/h3-9,19,31H,11-12H2,1-2H3. The quantitative estimate of drug-likeness (QED) is 0.594. The van der Waals surface area contributed by atoms with Crippen LogP contribution >= 0.6 is 0 Å². The minimum absolute atomic E-state index is 0.00558. The average Bonchev–Trinajstić information content (AvgIpc) is 3.32. The van der Waals surface area contributed by atoms with Crippen LogP contribution in [0.2, 0.25) is 0 Å². The fourth-order valence-electron chi connectivity index (χ4n) is 3.76. The van der Waals surface area contributed by atoms with Gasteiger partial charge in [-0.2, -0.15) is 18.4 Å². The van der Waals surface area contributed by atoms with Crippen LogP contribution in [0.3, 0.4) is 0 Å². The van der Waals surface area contributed by atoms with E-state index in [1.807, 2.05) is 0 Å². The normalized spacial score (nSPS) is 17.6. The summed E-state index contributed by atoms with van der Waals surface area (Å²) in [5.74, 6) is -0.125. The van der Waals surface area contributed by atoms with Crippen molar-refractivity contribution in [1.82, 2.24) is 15.1 Å². The van der Waals surface area contributed by atoms with E-state index < -0.39 is 34.7 Å². The molecule has 1 aliphatic rings. The fourth-order valence-corrected chi connectivity index (χ4v) is 3.76. The van der Waals surface area contributed by atoms with E-state index in [1.165, 1.54) is 29.2 Å². The predicted octanol–water partition coefficient (Wildman–Crippen LogP) is 4.15. The van der Waals surface area contributed by atoms with Crippen LogP contribution in [-0.4, -0.2) is 38.8 Å². The minimum atomic E-state index is -4.74. The van der Waals surface area contributed by atoms with Crippen molar-refractivity contribution in [1.29, 1.82) is 5.26 Å². The summed E-state index contributed by atoms with van der Waals surface area (Å²) < 4.78 is 51.2. The third-order valence-corrected chi connectivity index (χ3v) is 5.42. The minimum Gasteiger partial charge on any atom is -0.508 e. The zero-order valence-corrected chi connectivity index (χ0v) is 18.1. The number of alkyl halides is 3. The molecule has 1 amide bonds. The van der Waals surface area contributed by atoms with Crippen molar-refractivity contribution in [3.63, 3.8) is 0 Å². The summed E-state index contributed by atoms with van der Waals surface area (Å²) in [5, 5.41) is 26.3. The number of carbonyl (C=O) groups is 1. The number of ether oxygens (including phenoxy) is 1. The number of aromatic hydroxyl groups is 1. The highest BCUT2D eigenvalue weighted by Crippen LogP contribution is 2.38. The second kappa shape index (κ2) is 8.37. The first kappa shape index (κ1) is 23.1. The lowest BCUT2D eigenvalue weighted by atomic mass is 9.89. The number of nitriles is 1. The molecule has 2 aromatic carbocycles. The van der Waals surface area contributed by atoms with E-state index >= 15 is 0 Å². The second-order valence-corrected chi connectivity index (χ2v) is 8.55. The Labute approximate surface area is 192 Å². The van der Waals surface area contributed by atoms with Gasteiger partial charge in [0.1, 0.15) is 11.5 Å². The molecule has 1 atom stereocenters. The molecule has 176 valence electrons. The van der Waals surface area contributed by atoms with Gasteiger partial charge in [-0.1, -0.05) is 13.8 Å². The summed E-state index contributed by atoms with van der Waals surface area (Å²) in [6.45, 7) is 3.77. The molecule has 1 aliphatic heterocycles. The largest absolute Gasteiger partial charge is 0.508 e. The summed E-state index contributed by atoms with van der Waals surface area (Å²) >= 11 is 0. The van der Waals surface area contributed by atoms with Crippen LogP contribution in [0.15, 0.2) is 46.9 Å². The van der Waals surface area contributed by atoms with Crippen LogP contribution in [0.1, 0.15) is 30.9 Å². The van der Waals surface area contributed by atoms with Gasteiger partial charge in [-0.15, -0.1) is 10.2 Å². The molecule has 3 aromatic rings. The van der Waals surface area contributed by atoms with Crippen LogP contribution in [0.4, 0.5) is 13.2 Å². The molecule has 1 N–H and O–H groups in total. The fraction of sp³-hybridized carbons (Fsp3) is 0.304. The molecule has 34 heavy (non-hydrogen) atoms. The molecule has 0 aliphatic carbocycles. The van der Waals surface area contributed by atoms with Crippen molar-refractivity contribution in [3.8, 4) is 29.0 Å². The number of aromatic nitrogens is 2. The zero-order chi connectivity index (χ0) is 24.7. The molecule has 0 saturated carbocycles. The summed E-state index contributed by atoms with van der Waals surface area (Å²) in [5.41, 5.74) is -1.80. The molecule has 8 nitrogen and oxygen atoms in total. The lowest BCUT2D eigenvalue weighted by molar-refractivity contribution is -0.138. The monoisotopic (exact) mass is 472 g/mol. The highest BCUT2D eigenvalue weighted by atomic mass is 19.4. The van der Waals surface area contributed by atoms with Crippen LogP contribution in [0.5, 0.6) is 11.5 Å². The van der Waals surface area contributed by atoms with Crippen molar-refractivity contribution in [3.05, 3.63) is 59.5 Å². The Kier molecular flexibility index (Phi) is 5.69. The van der Waals surface area contributed by atoms with Gasteiger partial charge in [0.2, 0.25) is 11.8 Å². The van der Waals surface area contributed by atoms with Gasteiger partial charge in [-0.3, -0.25) is 4.79 Å². The van der Waals surface area contributed by atoms with E-state index in [1.54, 1.807) is 26.0 Å². The number of carbonyl (C=O) groups excluding carboxylic acids is 1. The van der Waals surface area contributed by atoms with Gasteiger partial charge in [0, 0.05) is 17.5 Å². The Morgan fingerprint density at radius 3 is 2.59 bits per heavy atom. The number of benzene rings is 2. The molecule has 1 saturated heterocycles. The number of hydrogen-bond donors (Lipinski definition) is 1. The van der Waals surface area contributed by atoms with Crippen molar-refractivity contribution < 1.29 is 32.2 Å². The first-order valence-corrected chi connectivity index (χ1v) is 10.2. The highest BCUT2D eigenvalue weighted by molar-refractivity contribution is 5.84. The summed E-state index contributed by atoms with van der Waals surface area (Å²) in [6, 6.07) is 10.7. The van der Waals surface area contributed by atoms with Gasteiger partial charge in [0.05, 0.1) is 23.7 Å². The van der Waals surface area contributed by atoms with Gasteiger partial charge < -0.3 is 19.2 Å². The van der Waals surface area contributed by atoms with Gasteiger partial charge in [0.25, 0.3) is 5.91 Å². The molecule has 0 spiro atoms. The molecule has 1 unspecified atom stereocenters. The number of amides is 1. The molecule has 4 rings (SSSR count). The SMILES string of the molecule is CC1(C)CN(Cc2nnc(-c3ccc(O)cc3)o2)C(=O)C1Oc1ccc(C#N)c(C(F)(F)F)c1. The summed E-state index contributed by atoms with van der Waals surface area (Å²) in [4.78, 5) is 14.5. The Bertz CT molecular complexity index is 1260. The van der Waals surface area contributed by atoms with Crippen LogP contribution in [0, 0.1) is 16.7 Å². The maximum atomic E-state index is 13.3. The topological polar surface area (TPSA) is 112 Å². The Balaban J connectivity index is 1.51. The maximum absolute atomic E-state index is 13.3. The zero-order valence-electron chi connectivity index (χ0n) is 18.1. The maximum Gasteiger partial charge on any atom is 0.417 e. The van der Waals surface area contributed by atoms with E-state index in [-0.39, 0.29) is 36.4 Å². The van der Waals surface area contributed by atoms with Crippen LogP contribution in [-0.2, 0) is 17.5 Å². The Morgan fingerprint density at radius 2 is 1.94 bits per heavy atom. The lowest BCUT2D eigenvalue weighted by Crippen LogP contribution is -2.36. The molecular formula is C23H19F3N4O4. The number of hydrogen-bond acceptors (Lipinski definition) is 7. The van der Waals surface area contributed by atoms with E-state index in [2.05, 4.69) is 10.2 Å². The van der Waals surface area contributed by atoms with E-state index in [0.717, 1.165) is 12.1 Å². The van der Waals surface area contributed by atoms with Gasteiger partial charge in [0.15, 0.2) is 6.10 Å². The van der Waals surface area contributed by atoms with E-state index in [4.69, 9.17) is 14.4 Å². The lowest BCUT2D eigenvalue weighted by Gasteiger charge is -2.24. The Hall–Kier alpha value is -4.07. The average molecular weight is 472 g/mol. The van der Waals surface area contributed by atoms with E-state index in [0.29, 0.717) is 5.56 Å². The van der Waals surface area contributed by atoms with Gasteiger partial charge >= 0.3 is 6.18 Å². The van der Waals surface area contributed by atoms with Crippen LogP contribution in [0.25, 0.3) is 11.5 Å². The Morgan fingerprint density at radius 1 is 1.24 bits per heavy atom. The number of likely N-dealkylation sites (tertiary alicyclic amines) is 1. The molecule has 1 fully saturated rings. The number of nitrogens with zero attached hydrogens (tertiary/aromatic N) is 4. The summed E-state index contributed by atoms with van der Waals surface area (Å²) in [6.07, 6.45) is -5.79. The van der Waals surface area contributed by atoms with Crippen LogP contribution < -0.4 is 4.74 Å². The number of rotatable bonds is 5. The number of halogens is 3. The van der Waals surface area contributed by atoms with Crippen molar-refractivity contribution in [2.75, 3.05) is 6.54 Å². The van der Waals surface area contributed by atoms with Gasteiger partial charge in [-0.25, -0.2) is 0 Å². The highest BCUT2D eigenvalue weighted by Gasteiger charge is 2.48. The molecule has 0 radical (unpaired) electrons. The first-order valence-electron chi connectivity index (χ1n) is 10.2. The van der Waals surface area contributed by atoms with E-state index in [9.17, 15) is 23.1 Å².